The molecule has 0 radical (unpaired) electrons. The van der Waals surface area contributed by atoms with Crippen molar-refractivity contribution < 1.29 is 9.18 Å². The molecule has 0 saturated carbocycles. The fourth-order valence-electron chi connectivity index (χ4n) is 2.31. The Morgan fingerprint density at radius 2 is 1.92 bits per heavy atom. The number of carbonyl (C=O) groups is 1. The van der Waals surface area contributed by atoms with E-state index in [-0.39, 0.29) is 5.69 Å². The molecule has 2 N–H and O–H groups in total. The molecule has 0 bridgehead atoms. The van der Waals surface area contributed by atoms with Crippen LogP contribution in [-0.4, -0.2) is 15.9 Å². The second-order valence-corrected chi connectivity index (χ2v) is 5.59. The Morgan fingerprint density at radius 3 is 2.64 bits per heavy atom. The lowest BCUT2D eigenvalue weighted by Crippen LogP contribution is -2.14. The largest absolute Gasteiger partial charge is 0.365 e. The maximum atomic E-state index is 13.1. The minimum atomic E-state index is -0.441. The Kier molecular flexibility index (Phi) is 4.99. The summed E-state index contributed by atoms with van der Waals surface area (Å²) in [5.74, 6) is -0.285. The number of amides is 1. The molecule has 5 nitrogen and oxygen atoms in total. The highest BCUT2D eigenvalue weighted by molar-refractivity contribution is 6.02. The number of carbonyl (C=O) groups excluding carboxylic acids is 1. The highest BCUT2D eigenvalue weighted by Gasteiger charge is 2.09. The SMILES string of the molecule is Cc1cccc(CNc2cnc(C(=O)Nc3cccc(F)c3)cn2)c1. The topological polar surface area (TPSA) is 66.9 Å². The molecule has 0 aliphatic carbocycles. The first kappa shape index (κ1) is 16.6. The normalized spacial score (nSPS) is 10.3. The van der Waals surface area contributed by atoms with Gasteiger partial charge >= 0.3 is 0 Å². The first-order valence-corrected chi connectivity index (χ1v) is 7.78. The summed E-state index contributed by atoms with van der Waals surface area (Å²) in [6, 6.07) is 13.8. The maximum Gasteiger partial charge on any atom is 0.275 e. The van der Waals surface area contributed by atoms with Crippen LogP contribution in [0.4, 0.5) is 15.9 Å². The van der Waals surface area contributed by atoms with E-state index in [1.54, 1.807) is 6.07 Å². The van der Waals surface area contributed by atoms with Gasteiger partial charge in [0, 0.05) is 12.2 Å². The van der Waals surface area contributed by atoms with Gasteiger partial charge in [0.1, 0.15) is 17.3 Å². The summed E-state index contributed by atoms with van der Waals surface area (Å²) in [6.45, 7) is 2.65. The van der Waals surface area contributed by atoms with Crippen molar-refractivity contribution >= 4 is 17.4 Å². The van der Waals surface area contributed by atoms with Gasteiger partial charge in [-0.25, -0.2) is 14.4 Å². The van der Waals surface area contributed by atoms with Crippen molar-refractivity contribution in [2.45, 2.75) is 13.5 Å². The van der Waals surface area contributed by atoms with Crippen molar-refractivity contribution in [1.29, 1.82) is 0 Å². The van der Waals surface area contributed by atoms with Crippen LogP contribution in [0.1, 0.15) is 21.6 Å². The van der Waals surface area contributed by atoms with Gasteiger partial charge in [-0.15, -0.1) is 0 Å². The molecule has 1 heterocycles. The quantitative estimate of drug-likeness (QED) is 0.744. The molecule has 126 valence electrons. The van der Waals surface area contributed by atoms with E-state index < -0.39 is 11.7 Å². The summed E-state index contributed by atoms with van der Waals surface area (Å²) < 4.78 is 13.1. The number of halogens is 1. The Labute approximate surface area is 145 Å². The van der Waals surface area contributed by atoms with Crippen LogP contribution >= 0.6 is 0 Å². The second-order valence-electron chi connectivity index (χ2n) is 5.59. The zero-order valence-corrected chi connectivity index (χ0v) is 13.7. The molecule has 0 saturated heterocycles. The van der Waals surface area contributed by atoms with Crippen molar-refractivity contribution in [3.8, 4) is 0 Å². The lowest BCUT2D eigenvalue weighted by Gasteiger charge is -2.07. The molecule has 0 aliphatic heterocycles. The van der Waals surface area contributed by atoms with E-state index in [1.165, 1.54) is 36.2 Å². The van der Waals surface area contributed by atoms with Crippen molar-refractivity contribution in [3.63, 3.8) is 0 Å². The average Bonchev–Trinajstić information content (AvgIpc) is 2.60. The van der Waals surface area contributed by atoms with Crippen LogP contribution in [0.5, 0.6) is 0 Å². The Hall–Kier alpha value is -3.28. The third-order valence-corrected chi connectivity index (χ3v) is 3.52. The smallest absolute Gasteiger partial charge is 0.275 e. The monoisotopic (exact) mass is 336 g/mol. The summed E-state index contributed by atoms with van der Waals surface area (Å²) in [6.07, 6.45) is 2.88. The highest BCUT2D eigenvalue weighted by atomic mass is 19.1. The van der Waals surface area contributed by atoms with E-state index in [9.17, 15) is 9.18 Å². The minimum Gasteiger partial charge on any atom is -0.365 e. The number of anilines is 2. The number of nitrogens with one attached hydrogen (secondary N) is 2. The summed E-state index contributed by atoms with van der Waals surface area (Å²) in [5.41, 5.74) is 2.85. The van der Waals surface area contributed by atoms with Gasteiger partial charge in [-0.2, -0.15) is 0 Å². The molecule has 1 amide bonds. The molecule has 0 aliphatic rings. The maximum absolute atomic E-state index is 13.1. The average molecular weight is 336 g/mol. The summed E-state index contributed by atoms with van der Waals surface area (Å²) in [7, 11) is 0. The number of hydrogen-bond acceptors (Lipinski definition) is 4. The first-order valence-electron chi connectivity index (χ1n) is 7.78. The molecule has 0 fully saturated rings. The van der Waals surface area contributed by atoms with Gasteiger partial charge in [-0.3, -0.25) is 4.79 Å². The third-order valence-electron chi connectivity index (χ3n) is 3.52. The highest BCUT2D eigenvalue weighted by Crippen LogP contribution is 2.11. The molecular weight excluding hydrogens is 319 g/mol. The van der Waals surface area contributed by atoms with Gasteiger partial charge in [-0.1, -0.05) is 35.9 Å². The van der Waals surface area contributed by atoms with Gasteiger partial charge < -0.3 is 10.6 Å². The number of aromatic nitrogens is 2. The van der Waals surface area contributed by atoms with Crippen molar-refractivity contribution in [2.24, 2.45) is 0 Å². The lowest BCUT2D eigenvalue weighted by atomic mass is 10.1. The molecule has 25 heavy (non-hydrogen) atoms. The minimum absolute atomic E-state index is 0.158. The zero-order chi connectivity index (χ0) is 17.6. The van der Waals surface area contributed by atoms with Crippen molar-refractivity contribution in [1.82, 2.24) is 9.97 Å². The van der Waals surface area contributed by atoms with Crippen LogP contribution in [0, 0.1) is 12.7 Å². The van der Waals surface area contributed by atoms with Gasteiger partial charge in [0.15, 0.2) is 0 Å². The van der Waals surface area contributed by atoms with Gasteiger partial charge in [-0.05, 0) is 30.7 Å². The zero-order valence-electron chi connectivity index (χ0n) is 13.7. The molecule has 0 atom stereocenters. The van der Waals surface area contributed by atoms with Gasteiger partial charge in [0.25, 0.3) is 5.91 Å². The molecule has 2 aromatic carbocycles. The summed E-state index contributed by atoms with van der Waals surface area (Å²) in [4.78, 5) is 20.4. The number of aryl methyl sites for hydroxylation is 1. The number of hydrogen-bond donors (Lipinski definition) is 2. The summed E-state index contributed by atoms with van der Waals surface area (Å²) >= 11 is 0. The summed E-state index contributed by atoms with van der Waals surface area (Å²) in [5, 5.41) is 5.74. The van der Waals surface area contributed by atoms with E-state index in [1.807, 2.05) is 25.1 Å². The third kappa shape index (κ3) is 4.60. The van der Waals surface area contributed by atoms with E-state index in [4.69, 9.17) is 0 Å². The van der Waals surface area contributed by atoms with Crippen molar-refractivity contribution in [2.75, 3.05) is 10.6 Å². The fraction of sp³-hybridized carbons (Fsp3) is 0.105. The molecule has 3 rings (SSSR count). The van der Waals surface area contributed by atoms with E-state index >= 15 is 0 Å². The number of nitrogens with zero attached hydrogens (tertiary/aromatic N) is 2. The molecule has 0 unspecified atom stereocenters. The standard InChI is InChI=1S/C19H17FN4O/c1-13-4-2-5-14(8-13)10-22-18-12-21-17(11-23-18)19(25)24-16-7-3-6-15(20)9-16/h2-9,11-12H,10H2,1H3,(H,22,23)(H,24,25). The predicted molar refractivity (Wildman–Crippen MR) is 94.9 cm³/mol. The second kappa shape index (κ2) is 7.53. The molecule has 0 spiro atoms. The molecular formula is C19H17FN4O. The van der Waals surface area contributed by atoms with E-state index in [0.29, 0.717) is 18.1 Å². The van der Waals surface area contributed by atoms with Crippen molar-refractivity contribution in [3.05, 3.63) is 83.6 Å². The van der Waals surface area contributed by atoms with Crippen LogP contribution in [0.25, 0.3) is 0 Å². The van der Waals surface area contributed by atoms with Crippen LogP contribution < -0.4 is 10.6 Å². The Balaban J connectivity index is 1.60. The van der Waals surface area contributed by atoms with Crippen LogP contribution in [0.3, 0.4) is 0 Å². The molecule has 6 heteroatoms. The fourth-order valence-corrected chi connectivity index (χ4v) is 2.31. The Bertz CT molecular complexity index is 881. The molecule has 3 aromatic rings. The van der Waals surface area contributed by atoms with Crippen LogP contribution in [-0.2, 0) is 6.54 Å². The van der Waals surface area contributed by atoms with Crippen LogP contribution in [0.15, 0.2) is 60.9 Å². The van der Waals surface area contributed by atoms with Gasteiger partial charge in [0.2, 0.25) is 0 Å². The van der Waals surface area contributed by atoms with E-state index in [0.717, 1.165) is 5.56 Å². The van der Waals surface area contributed by atoms with Gasteiger partial charge in [0.05, 0.1) is 12.4 Å². The lowest BCUT2D eigenvalue weighted by molar-refractivity contribution is 0.102. The number of benzene rings is 2. The van der Waals surface area contributed by atoms with E-state index in [2.05, 4.69) is 26.7 Å². The predicted octanol–water partition coefficient (Wildman–Crippen LogP) is 3.79. The number of rotatable bonds is 5. The van der Waals surface area contributed by atoms with Crippen LogP contribution in [0.2, 0.25) is 0 Å². The first-order chi connectivity index (χ1) is 12.1. The molecule has 1 aromatic heterocycles. The Morgan fingerprint density at radius 1 is 1.08 bits per heavy atom.